The van der Waals surface area contributed by atoms with Gasteiger partial charge in [-0.05, 0) is 22.0 Å². The van der Waals surface area contributed by atoms with Crippen molar-refractivity contribution in [3.63, 3.8) is 0 Å². The zero-order valence-corrected chi connectivity index (χ0v) is 7.84. The van der Waals surface area contributed by atoms with Gasteiger partial charge in [0, 0.05) is 16.2 Å². The van der Waals surface area contributed by atoms with E-state index in [0.717, 1.165) is 4.47 Å². The second kappa shape index (κ2) is 3.84. The van der Waals surface area contributed by atoms with Crippen LogP contribution >= 0.6 is 15.9 Å². The van der Waals surface area contributed by atoms with Crippen LogP contribution in [0.15, 0.2) is 21.5 Å². The number of nitrogens with one attached hydrogen (secondary N) is 1. The van der Waals surface area contributed by atoms with E-state index in [2.05, 4.69) is 20.9 Å². The molecule has 0 fully saturated rings. The van der Waals surface area contributed by atoms with Crippen molar-refractivity contribution in [2.75, 3.05) is 6.61 Å². The molecule has 4 N–H and O–H groups in total. The minimum absolute atomic E-state index is 0.237. The summed E-state index contributed by atoms with van der Waals surface area (Å²) in [5, 5.41) is 8.71. The molecule has 0 radical (unpaired) electrons. The first-order valence-electron chi connectivity index (χ1n) is 3.39. The van der Waals surface area contributed by atoms with Crippen LogP contribution in [0.25, 0.3) is 0 Å². The summed E-state index contributed by atoms with van der Waals surface area (Å²) in [6, 6.07) is 0.978. The van der Waals surface area contributed by atoms with Crippen molar-refractivity contribution < 1.29 is 5.11 Å². The van der Waals surface area contributed by atoms with Crippen LogP contribution in [0.3, 0.4) is 0 Å². The molecule has 1 aromatic rings. The monoisotopic (exact) mass is 232 g/mol. The largest absolute Gasteiger partial charge is 0.394 e. The number of pyridine rings is 1. The van der Waals surface area contributed by atoms with Gasteiger partial charge in [0.1, 0.15) is 0 Å². The Hall–Kier alpha value is -0.650. The highest BCUT2D eigenvalue weighted by molar-refractivity contribution is 9.10. The van der Waals surface area contributed by atoms with E-state index in [1.165, 1.54) is 6.20 Å². The van der Waals surface area contributed by atoms with Crippen molar-refractivity contribution in [2.24, 2.45) is 5.73 Å². The molecule has 0 saturated carbocycles. The van der Waals surface area contributed by atoms with Crippen LogP contribution in [-0.4, -0.2) is 16.7 Å². The molecule has 0 aliphatic carbocycles. The van der Waals surface area contributed by atoms with E-state index in [-0.39, 0.29) is 12.2 Å². The molecule has 1 unspecified atom stereocenters. The van der Waals surface area contributed by atoms with Crippen LogP contribution in [0.2, 0.25) is 0 Å². The molecule has 0 amide bonds. The molecule has 66 valence electrons. The zero-order chi connectivity index (χ0) is 9.14. The first-order chi connectivity index (χ1) is 5.65. The lowest BCUT2D eigenvalue weighted by atomic mass is 10.1. The van der Waals surface area contributed by atoms with E-state index in [1.54, 1.807) is 6.07 Å². The molecular weight excluding hydrogens is 224 g/mol. The number of halogens is 1. The number of hydrogen-bond acceptors (Lipinski definition) is 3. The highest BCUT2D eigenvalue weighted by Gasteiger charge is 2.08. The first kappa shape index (κ1) is 9.44. The van der Waals surface area contributed by atoms with Gasteiger partial charge in [-0.15, -0.1) is 0 Å². The minimum Gasteiger partial charge on any atom is -0.394 e. The molecule has 5 heteroatoms. The SMILES string of the molecule is NC(CO)c1cc(Br)c[nH]c1=O. The van der Waals surface area contributed by atoms with Crippen LogP contribution in [0.4, 0.5) is 0 Å². The predicted octanol–water partition coefficient (Wildman–Crippen LogP) is 0.129. The average Bonchev–Trinajstić information content (AvgIpc) is 2.08. The molecular formula is C7H9BrN2O2. The van der Waals surface area contributed by atoms with Crippen molar-refractivity contribution in [3.05, 3.63) is 32.7 Å². The van der Waals surface area contributed by atoms with Crippen LogP contribution in [0.5, 0.6) is 0 Å². The summed E-state index contributed by atoms with van der Waals surface area (Å²) in [4.78, 5) is 13.6. The number of nitrogens with two attached hydrogens (primary N) is 1. The number of aliphatic hydroxyl groups is 1. The molecule has 1 aromatic heterocycles. The van der Waals surface area contributed by atoms with Crippen LogP contribution in [0.1, 0.15) is 11.6 Å². The summed E-state index contributed by atoms with van der Waals surface area (Å²) in [7, 11) is 0. The minimum atomic E-state index is -0.619. The van der Waals surface area contributed by atoms with Gasteiger partial charge in [-0.3, -0.25) is 4.79 Å². The van der Waals surface area contributed by atoms with Crippen molar-refractivity contribution in [3.8, 4) is 0 Å². The number of H-pyrrole nitrogens is 1. The fourth-order valence-corrected chi connectivity index (χ4v) is 1.21. The Balaban J connectivity index is 3.13. The van der Waals surface area contributed by atoms with E-state index in [0.29, 0.717) is 5.56 Å². The van der Waals surface area contributed by atoms with Crippen molar-refractivity contribution in [1.29, 1.82) is 0 Å². The van der Waals surface area contributed by atoms with E-state index in [1.807, 2.05) is 0 Å². The second-order valence-electron chi connectivity index (χ2n) is 2.39. The summed E-state index contributed by atoms with van der Waals surface area (Å²) in [6.07, 6.45) is 1.52. The van der Waals surface area contributed by atoms with E-state index in [4.69, 9.17) is 10.8 Å². The number of rotatable bonds is 2. The van der Waals surface area contributed by atoms with E-state index < -0.39 is 6.04 Å². The Morgan fingerprint density at radius 1 is 1.75 bits per heavy atom. The molecule has 4 nitrogen and oxygen atoms in total. The fraction of sp³-hybridized carbons (Fsp3) is 0.286. The van der Waals surface area contributed by atoms with Gasteiger partial charge in [-0.2, -0.15) is 0 Å². The summed E-state index contributed by atoms with van der Waals surface area (Å²) in [5.74, 6) is 0. The fourth-order valence-electron chi connectivity index (χ4n) is 0.847. The standard InChI is InChI=1S/C7H9BrN2O2/c8-4-1-5(6(9)3-11)7(12)10-2-4/h1-2,6,11H,3,9H2,(H,10,12). The molecule has 0 bridgehead atoms. The Kier molecular flexibility index (Phi) is 3.02. The molecule has 1 atom stereocenters. The summed E-state index contributed by atoms with van der Waals surface area (Å²) < 4.78 is 0.737. The van der Waals surface area contributed by atoms with Crippen LogP contribution < -0.4 is 11.3 Å². The van der Waals surface area contributed by atoms with Gasteiger partial charge in [0.25, 0.3) is 5.56 Å². The lowest BCUT2D eigenvalue weighted by Crippen LogP contribution is -2.23. The normalized spacial score (nSPS) is 12.9. The Morgan fingerprint density at radius 2 is 2.42 bits per heavy atom. The molecule has 12 heavy (non-hydrogen) atoms. The predicted molar refractivity (Wildman–Crippen MR) is 48.8 cm³/mol. The van der Waals surface area contributed by atoms with Gasteiger partial charge in [-0.25, -0.2) is 0 Å². The van der Waals surface area contributed by atoms with Gasteiger partial charge in [0.15, 0.2) is 0 Å². The van der Waals surface area contributed by atoms with Gasteiger partial charge in [0.05, 0.1) is 12.6 Å². The Labute approximate surface area is 77.5 Å². The molecule has 0 aliphatic rings. The molecule has 0 aliphatic heterocycles. The van der Waals surface area contributed by atoms with Crippen LogP contribution in [0, 0.1) is 0 Å². The third kappa shape index (κ3) is 1.94. The smallest absolute Gasteiger partial charge is 0.252 e. The van der Waals surface area contributed by atoms with Gasteiger partial charge in [-0.1, -0.05) is 0 Å². The van der Waals surface area contributed by atoms with Crippen molar-refractivity contribution in [2.45, 2.75) is 6.04 Å². The van der Waals surface area contributed by atoms with Gasteiger partial charge in [0.2, 0.25) is 0 Å². The molecule has 0 saturated heterocycles. The second-order valence-corrected chi connectivity index (χ2v) is 3.31. The lowest BCUT2D eigenvalue weighted by molar-refractivity contribution is 0.267. The van der Waals surface area contributed by atoms with Gasteiger partial charge >= 0.3 is 0 Å². The molecule has 0 aromatic carbocycles. The lowest BCUT2D eigenvalue weighted by Gasteiger charge is -2.06. The number of hydrogen-bond donors (Lipinski definition) is 3. The first-order valence-corrected chi connectivity index (χ1v) is 4.19. The molecule has 1 heterocycles. The van der Waals surface area contributed by atoms with E-state index in [9.17, 15) is 4.79 Å². The summed E-state index contributed by atoms with van der Waals surface area (Å²) in [5.41, 5.74) is 5.59. The van der Waals surface area contributed by atoms with Crippen molar-refractivity contribution in [1.82, 2.24) is 4.98 Å². The van der Waals surface area contributed by atoms with Crippen LogP contribution in [-0.2, 0) is 0 Å². The highest BCUT2D eigenvalue weighted by atomic mass is 79.9. The number of aromatic amines is 1. The quantitative estimate of drug-likeness (QED) is 0.679. The van der Waals surface area contributed by atoms with E-state index >= 15 is 0 Å². The molecule has 0 spiro atoms. The number of aliphatic hydroxyl groups excluding tert-OH is 1. The number of aromatic nitrogens is 1. The Bertz CT molecular complexity index is 323. The zero-order valence-electron chi connectivity index (χ0n) is 6.25. The summed E-state index contributed by atoms with van der Waals surface area (Å²) >= 11 is 3.19. The third-order valence-electron chi connectivity index (χ3n) is 1.49. The average molecular weight is 233 g/mol. The van der Waals surface area contributed by atoms with Gasteiger partial charge < -0.3 is 15.8 Å². The Morgan fingerprint density at radius 3 is 3.00 bits per heavy atom. The maximum absolute atomic E-state index is 11.1. The highest BCUT2D eigenvalue weighted by Crippen LogP contribution is 2.10. The molecule has 1 rings (SSSR count). The third-order valence-corrected chi connectivity index (χ3v) is 1.95. The topological polar surface area (TPSA) is 79.1 Å². The maximum Gasteiger partial charge on any atom is 0.252 e. The summed E-state index contributed by atoms with van der Waals surface area (Å²) in [6.45, 7) is -0.237. The maximum atomic E-state index is 11.1. The van der Waals surface area contributed by atoms with Crippen molar-refractivity contribution >= 4 is 15.9 Å².